The van der Waals surface area contributed by atoms with Crippen LogP contribution in [0.4, 0.5) is 5.13 Å². The minimum Gasteiger partial charge on any atom is -0.357 e. The van der Waals surface area contributed by atoms with Gasteiger partial charge in [0, 0.05) is 23.0 Å². The van der Waals surface area contributed by atoms with Crippen molar-refractivity contribution in [3.8, 4) is 0 Å². The summed E-state index contributed by atoms with van der Waals surface area (Å²) < 4.78 is 4.41. The molecule has 1 aromatic rings. The van der Waals surface area contributed by atoms with Crippen molar-refractivity contribution in [3.05, 3.63) is 5.82 Å². The molecule has 0 aliphatic carbocycles. The van der Waals surface area contributed by atoms with Crippen LogP contribution in [-0.4, -0.2) is 28.5 Å². The number of nitrogens with zero attached hydrogens (tertiary/aromatic N) is 2. The Morgan fingerprint density at radius 3 is 2.56 bits per heavy atom. The third-order valence-corrected chi connectivity index (χ3v) is 3.41. The Morgan fingerprint density at radius 2 is 2.00 bits per heavy atom. The third kappa shape index (κ3) is 2.92. The largest absolute Gasteiger partial charge is 0.357 e. The standard InChI is InChI=1S/C11H20N4S/c1-11(2,3)9-14-10(16-15-9)13-8-4-6-12-7-5-8/h8,12H,4-7H2,1-3H3,(H,13,14,15). The van der Waals surface area contributed by atoms with Crippen LogP contribution in [0.2, 0.25) is 0 Å². The number of nitrogens with one attached hydrogen (secondary N) is 2. The number of hydrogen-bond acceptors (Lipinski definition) is 5. The molecule has 4 nitrogen and oxygen atoms in total. The van der Waals surface area contributed by atoms with Gasteiger partial charge in [-0.2, -0.15) is 4.37 Å². The van der Waals surface area contributed by atoms with Crippen molar-refractivity contribution in [1.82, 2.24) is 14.7 Å². The fourth-order valence-corrected chi connectivity index (χ4v) is 2.56. The molecule has 1 saturated heterocycles. The zero-order chi connectivity index (χ0) is 11.6. The van der Waals surface area contributed by atoms with Crippen molar-refractivity contribution >= 4 is 16.7 Å². The molecule has 0 atom stereocenters. The lowest BCUT2D eigenvalue weighted by Crippen LogP contribution is -2.35. The van der Waals surface area contributed by atoms with E-state index in [0.29, 0.717) is 6.04 Å². The second kappa shape index (κ2) is 4.67. The molecule has 16 heavy (non-hydrogen) atoms. The first kappa shape index (κ1) is 11.8. The van der Waals surface area contributed by atoms with Gasteiger partial charge in [-0.05, 0) is 25.9 Å². The zero-order valence-corrected chi connectivity index (χ0v) is 11.0. The van der Waals surface area contributed by atoms with E-state index in [1.165, 1.54) is 24.4 Å². The molecule has 0 saturated carbocycles. The van der Waals surface area contributed by atoms with Crippen LogP contribution in [0.1, 0.15) is 39.4 Å². The Hall–Kier alpha value is -0.680. The summed E-state index contributed by atoms with van der Waals surface area (Å²) in [5.41, 5.74) is 0.0462. The second-order valence-corrected chi connectivity index (χ2v) is 6.09. The highest BCUT2D eigenvalue weighted by molar-refractivity contribution is 7.09. The van der Waals surface area contributed by atoms with Gasteiger partial charge in [0.2, 0.25) is 5.13 Å². The molecule has 2 heterocycles. The molecule has 1 aliphatic rings. The molecule has 5 heteroatoms. The second-order valence-electron chi connectivity index (χ2n) is 5.34. The van der Waals surface area contributed by atoms with Crippen LogP contribution < -0.4 is 10.6 Å². The summed E-state index contributed by atoms with van der Waals surface area (Å²) in [6.07, 6.45) is 2.34. The van der Waals surface area contributed by atoms with E-state index in [-0.39, 0.29) is 5.41 Å². The molecule has 2 rings (SSSR count). The predicted octanol–water partition coefficient (Wildman–Crippen LogP) is 2.00. The summed E-state index contributed by atoms with van der Waals surface area (Å²) in [7, 11) is 0. The van der Waals surface area contributed by atoms with Gasteiger partial charge < -0.3 is 10.6 Å². The molecular formula is C11H20N4S. The van der Waals surface area contributed by atoms with Crippen LogP contribution >= 0.6 is 11.5 Å². The van der Waals surface area contributed by atoms with Crippen LogP contribution in [0, 0.1) is 0 Å². The van der Waals surface area contributed by atoms with Crippen molar-refractivity contribution in [2.45, 2.75) is 45.1 Å². The van der Waals surface area contributed by atoms with Crippen LogP contribution in [0.5, 0.6) is 0 Å². The molecule has 0 spiro atoms. The lowest BCUT2D eigenvalue weighted by molar-refractivity contribution is 0.478. The average molecular weight is 240 g/mol. The summed E-state index contributed by atoms with van der Waals surface area (Å²) in [6.45, 7) is 8.63. The van der Waals surface area contributed by atoms with Crippen molar-refractivity contribution in [3.63, 3.8) is 0 Å². The van der Waals surface area contributed by atoms with Crippen LogP contribution in [0.25, 0.3) is 0 Å². The van der Waals surface area contributed by atoms with E-state index in [0.717, 1.165) is 24.0 Å². The SMILES string of the molecule is CC(C)(C)c1nsc(NC2CCNCC2)n1. The van der Waals surface area contributed by atoms with Gasteiger partial charge in [0.1, 0.15) is 5.82 Å². The fraction of sp³-hybridized carbons (Fsp3) is 0.818. The summed E-state index contributed by atoms with van der Waals surface area (Å²) in [5.74, 6) is 0.939. The Morgan fingerprint density at radius 1 is 1.31 bits per heavy atom. The molecule has 1 fully saturated rings. The maximum absolute atomic E-state index is 4.55. The third-order valence-electron chi connectivity index (χ3n) is 2.76. The molecule has 0 radical (unpaired) electrons. The monoisotopic (exact) mass is 240 g/mol. The highest BCUT2D eigenvalue weighted by atomic mass is 32.1. The van der Waals surface area contributed by atoms with E-state index in [9.17, 15) is 0 Å². The van der Waals surface area contributed by atoms with Gasteiger partial charge in [0.05, 0.1) is 0 Å². The molecule has 0 bridgehead atoms. The number of aromatic nitrogens is 2. The maximum Gasteiger partial charge on any atom is 0.202 e. The van der Waals surface area contributed by atoms with Crippen LogP contribution in [0.3, 0.4) is 0 Å². The average Bonchev–Trinajstić information content (AvgIpc) is 2.67. The van der Waals surface area contributed by atoms with E-state index < -0.39 is 0 Å². The predicted molar refractivity (Wildman–Crippen MR) is 68.1 cm³/mol. The van der Waals surface area contributed by atoms with Crippen molar-refractivity contribution in [2.24, 2.45) is 0 Å². The molecular weight excluding hydrogens is 220 g/mol. The van der Waals surface area contributed by atoms with Gasteiger partial charge in [0.25, 0.3) is 0 Å². The number of rotatable bonds is 2. The topological polar surface area (TPSA) is 49.8 Å². The summed E-state index contributed by atoms with van der Waals surface area (Å²) >= 11 is 1.48. The minimum absolute atomic E-state index is 0.0462. The molecule has 0 amide bonds. The fourth-order valence-electron chi connectivity index (χ4n) is 1.73. The Labute approximate surface area is 101 Å². The smallest absolute Gasteiger partial charge is 0.202 e. The van der Waals surface area contributed by atoms with Crippen molar-refractivity contribution in [1.29, 1.82) is 0 Å². The first-order chi connectivity index (χ1) is 7.55. The minimum atomic E-state index is 0.0462. The first-order valence-corrected chi connectivity index (χ1v) is 6.64. The van der Waals surface area contributed by atoms with Gasteiger partial charge >= 0.3 is 0 Å². The van der Waals surface area contributed by atoms with E-state index in [4.69, 9.17) is 0 Å². The highest BCUT2D eigenvalue weighted by Gasteiger charge is 2.21. The summed E-state index contributed by atoms with van der Waals surface area (Å²) in [4.78, 5) is 4.55. The number of hydrogen-bond donors (Lipinski definition) is 2. The number of anilines is 1. The zero-order valence-electron chi connectivity index (χ0n) is 10.2. The lowest BCUT2D eigenvalue weighted by Gasteiger charge is -2.23. The van der Waals surface area contributed by atoms with E-state index >= 15 is 0 Å². The van der Waals surface area contributed by atoms with Crippen molar-refractivity contribution < 1.29 is 0 Å². The summed E-state index contributed by atoms with van der Waals surface area (Å²) in [5, 5.41) is 7.80. The van der Waals surface area contributed by atoms with Gasteiger partial charge in [0.15, 0.2) is 0 Å². The number of piperidine rings is 1. The molecule has 1 aliphatic heterocycles. The maximum atomic E-state index is 4.55. The van der Waals surface area contributed by atoms with E-state index in [1.54, 1.807) is 0 Å². The van der Waals surface area contributed by atoms with Gasteiger partial charge in [-0.25, -0.2) is 4.98 Å². The molecule has 90 valence electrons. The Balaban J connectivity index is 1.97. The highest BCUT2D eigenvalue weighted by Crippen LogP contribution is 2.24. The van der Waals surface area contributed by atoms with Crippen molar-refractivity contribution in [2.75, 3.05) is 18.4 Å². The molecule has 2 N–H and O–H groups in total. The van der Waals surface area contributed by atoms with E-state index in [2.05, 4.69) is 40.8 Å². The normalized spacial score (nSPS) is 18.7. The first-order valence-electron chi connectivity index (χ1n) is 5.87. The quantitative estimate of drug-likeness (QED) is 0.830. The van der Waals surface area contributed by atoms with Crippen LogP contribution in [0.15, 0.2) is 0 Å². The van der Waals surface area contributed by atoms with E-state index in [1.807, 2.05) is 0 Å². The molecule has 0 unspecified atom stereocenters. The van der Waals surface area contributed by atoms with Gasteiger partial charge in [-0.1, -0.05) is 20.8 Å². The van der Waals surface area contributed by atoms with Gasteiger partial charge in [-0.3, -0.25) is 0 Å². The lowest BCUT2D eigenvalue weighted by atomic mass is 9.96. The van der Waals surface area contributed by atoms with Gasteiger partial charge in [-0.15, -0.1) is 0 Å². The van der Waals surface area contributed by atoms with Crippen LogP contribution in [-0.2, 0) is 5.41 Å². The Bertz CT molecular complexity index is 336. The molecule has 1 aromatic heterocycles. The molecule has 0 aromatic carbocycles. The Kier molecular flexibility index (Phi) is 3.44. The summed E-state index contributed by atoms with van der Waals surface area (Å²) in [6, 6.07) is 0.557.